The molecule has 3 heterocycles. The van der Waals surface area contributed by atoms with Crippen LogP contribution >= 0.6 is 23.5 Å². The molecule has 1 saturated heterocycles. The van der Waals surface area contributed by atoms with Gasteiger partial charge in [-0.15, -0.1) is 0 Å². The first-order chi connectivity index (χ1) is 24.4. The maximum absolute atomic E-state index is 14.0. The van der Waals surface area contributed by atoms with Crippen LogP contribution in [0.25, 0.3) is 0 Å². The van der Waals surface area contributed by atoms with Gasteiger partial charge in [0.25, 0.3) is 5.56 Å². The van der Waals surface area contributed by atoms with Crippen molar-refractivity contribution < 1.29 is 75.6 Å². The van der Waals surface area contributed by atoms with Crippen molar-refractivity contribution in [1.29, 1.82) is 0 Å². The van der Waals surface area contributed by atoms with Gasteiger partial charge in [-0.05, 0) is 23.8 Å². The van der Waals surface area contributed by atoms with Crippen molar-refractivity contribution in [2.45, 2.75) is 30.8 Å². The number of ether oxygens (including phenoxy) is 3. The van der Waals surface area contributed by atoms with Gasteiger partial charge in [0.1, 0.15) is 41.4 Å². The number of phenols is 2. The van der Waals surface area contributed by atoms with E-state index in [0.29, 0.717) is 16.7 Å². The molecule has 3 aromatic carbocycles. The minimum Gasteiger partial charge on any atom is -0.508 e. The van der Waals surface area contributed by atoms with Gasteiger partial charge in [0.05, 0.1) is 12.2 Å². The smallest absolute Gasteiger partial charge is 0.490 e. The van der Waals surface area contributed by atoms with E-state index in [9.17, 15) is 48.1 Å². The van der Waals surface area contributed by atoms with E-state index in [1.807, 2.05) is 4.98 Å². The quantitative estimate of drug-likeness (QED) is 0.0747. The summed E-state index contributed by atoms with van der Waals surface area (Å²) in [5.41, 5.74) is -0.144. The van der Waals surface area contributed by atoms with Gasteiger partial charge in [-0.3, -0.25) is 18.9 Å². The van der Waals surface area contributed by atoms with Gasteiger partial charge in [0.15, 0.2) is 0 Å². The van der Waals surface area contributed by atoms with E-state index in [1.54, 1.807) is 30.3 Å². The van der Waals surface area contributed by atoms with Gasteiger partial charge >= 0.3 is 35.1 Å². The van der Waals surface area contributed by atoms with Crippen molar-refractivity contribution in [1.82, 2.24) is 9.55 Å². The lowest BCUT2D eigenvalue weighted by molar-refractivity contribution is -0.0511. The third kappa shape index (κ3) is 8.44. The average Bonchev–Trinajstić information content (AvgIpc) is 3.42. The third-order valence-corrected chi connectivity index (χ3v) is 11.5. The van der Waals surface area contributed by atoms with E-state index in [4.69, 9.17) is 28.5 Å². The number of hydrogen-bond donors (Lipinski definition) is 7. The van der Waals surface area contributed by atoms with Crippen LogP contribution in [0.2, 0.25) is 0 Å². The highest BCUT2D eigenvalue weighted by Gasteiger charge is 2.45. The predicted molar refractivity (Wildman–Crippen MR) is 173 cm³/mol. The number of phosphoric acid groups is 3. The number of phosphoric ester groups is 1. The molecule has 1 fully saturated rings. The Labute approximate surface area is 290 Å². The maximum Gasteiger partial charge on any atom is 0.490 e. The fourth-order valence-corrected chi connectivity index (χ4v) is 8.76. The minimum absolute atomic E-state index is 0.0174. The summed E-state index contributed by atoms with van der Waals surface area (Å²) in [6, 6.07) is 16.1. The number of nitrogens with one attached hydrogen (secondary N) is 1. The normalized spacial score (nSPS) is 20.9. The Morgan fingerprint density at radius 3 is 2.10 bits per heavy atom. The number of benzene rings is 3. The molecule has 0 radical (unpaired) electrons. The van der Waals surface area contributed by atoms with Crippen molar-refractivity contribution in [3.63, 3.8) is 0 Å². The van der Waals surface area contributed by atoms with Gasteiger partial charge < -0.3 is 44.0 Å². The van der Waals surface area contributed by atoms with Crippen LogP contribution in [0.5, 0.6) is 23.0 Å². The number of carbonyl (C=O) groups is 1. The second kappa shape index (κ2) is 14.2. The van der Waals surface area contributed by atoms with Crippen LogP contribution in [0.4, 0.5) is 0 Å². The van der Waals surface area contributed by atoms with Gasteiger partial charge in [-0.25, -0.2) is 23.3 Å². The van der Waals surface area contributed by atoms with Crippen LogP contribution < -0.4 is 16.0 Å². The molecule has 2 aliphatic heterocycles. The van der Waals surface area contributed by atoms with Gasteiger partial charge in [-0.1, -0.05) is 30.3 Å². The Balaban J connectivity index is 1.30. The van der Waals surface area contributed by atoms with Gasteiger partial charge in [-0.2, -0.15) is 8.62 Å². The molecule has 2 aliphatic rings. The van der Waals surface area contributed by atoms with E-state index in [-0.39, 0.29) is 35.0 Å². The highest BCUT2D eigenvalue weighted by atomic mass is 31.3. The summed E-state index contributed by atoms with van der Waals surface area (Å²) in [7, 11) is -17.2. The summed E-state index contributed by atoms with van der Waals surface area (Å²) in [4.78, 5) is 77.3. The van der Waals surface area contributed by atoms with Crippen LogP contribution in [0.3, 0.4) is 0 Å². The first-order valence-electron chi connectivity index (χ1n) is 14.8. The summed E-state index contributed by atoms with van der Waals surface area (Å²) >= 11 is 0. The number of H-pyrrole nitrogens is 1. The molecular weight excluding hydrogens is 757 g/mol. The Morgan fingerprint density at radius 2 is 1.48 bits per heavy atom. The molecule has 5 atom stereocenters. The number of rotatable bonds is 11. The van der Waals surface area contributed by atoms with Gasteiger partial charge in [0.2, 0.25) is 0 Å². The molecule has 2 unspecified atom stereocenters. The number of phenolic OH excluding ortho intramolecular Hbond substituents is 2. The van der Waals surface area contributed by atoms with Crippen molar-refractivity contribution in [2.24, 2.45) is 0 Å². The predicted octanol–water partition coefficient (Wildman–Crippen LogP) is 3.09. The lowest BCUT2D eigenvalue weighted by atomic mass is 9.80. The molecule has 20 nitrogen and oxygen atoms in total. The monoisotopic (exact) mass is 784 g/mol. The van der Waals surface area contributed by atoms with E-state index in [1.165, 1.54) is 30.3 Å². The molecule has 0 aliphatic carbocycles. The average molecular weight is 784 g/mol. The zero-order valence-electron chi connectivity index (χ0n) is 26.0. The highest BCUT2D eigenvalue weighted by Crippen LogP contribution is 2.66. The van der Waals surface area contributed by atoms with E-state index in [0.717, 1.165) is 16.8 Å². The summed E-state index contributed by atoms with van der Waals surface area (Å²) in [6.07, 6.45) is -3.35. The fourth-order valence-electron chi connectivity index (χ4n) is 5.73. The SMILES string of the molecule is O=C(O[C@H]1C[C@H](n2ccc(=O)[nH]c2=O)O[C@@H]1COP(=O)(O)OP(=O)(O)OP(=O)(O)O)c1ccccc1C1c2ccc(O)cc2Oc2cc(O)ccc21. The zero-order valence-corrected chi connectivity index (χ0v) is 28.7. The highest BCUT2D eigenvalue weighted by molar-refractivity contribution is 7.66. The van der Waals surface area contributed by atoms with Crippen LogP contribution in [0.1, 0.15) is 45.6 Å². The van der Waals surface area contributed by atoms with Crippen molar-refractivity contribution in [3.05, 3.63) is 116 Å². The second-order valence-electron chi connectivity index (χ2n) is 11.3. The van der Waals surface area contributed by atoms with E-state index in [2.05, 4.69) is 8.62 Å². The van der Waals surface area contributed by atoms with Crippen molar-refractivity contribution in [2.75, 3.05) is 6.61 Å². The van der Waals surface area contributed by atoms with E-state index < -0.39 is 71.6 Å². The molecule has 7 N–H and O–H groups in total. The number of fused-ring (bicyclic) bond motifs is 2. The lowest BCUT2D eigenvalue weighted by Gasteiger charge is -2.30. The van der Waals surface area contributed by atoms with Crippen molar-refractivity contribution >= 4 is 29.4 Å². The lowest BCUT2D eigenvalue weighted by Crippen LogP contribution is -2.32. The Bertz CT molecular complexity index is 2250. The maximum atomic E-state index is 14.0. The fraction of sp³-hybridized carbons (Fsp3) is 0.207. The number of hydrogen-bond acceptors (Lipinski definition) is 14. The first-order valence-corrected chi connectivity index (χ1v) is 19.3. The molecule has 52 heavy (non-hydrogen) atoms. The second-order valence-corrected chi connectivity index (χ2v) is 15.7. The van der Waals surface area contributed by atoms with Crippen LogP contribution in [-0.4, -0.2) is 64.1 Å². The molecule has 0 spiro atoms. The Hall–Kier alpha value is -4.42. The Morgan fingerprint density at radius 1 is 0.846 bits per heavy atom. The molecule has 6 rings (SSSR count). The number of aromatic hydroxyl groups is 2. The minimum atomic E-state index is -5.86. The topological polar surface area (TPSA) is 300 Å². The summed E-state index contributed by atoms with van der Waals surface area (Å²) < 4.78 is 66.0. The zero-order chi connectivity index (χ0) is 37.6. The van der Waals surface area contributed by atoms with Crippen LogP contribution in [-0.2, 0) is 36.3 Å². The standard InChI is InChI=1S/C29H27N2O18P3/c32-15-5-7-19-21(11-15)45-22-12-16(33)6-8-20(22)27(19)17-3-1-2-4-18(17)28(35)47-23-13-26(31-10-9-25(34)30-29(31)36)46-24(23)14-44-51(40,41)49-52(42,43)48-50(37,38)39/h1-12,23-24,26-27,32-33H,13-14H2,(H,40,41)(H,42,43)(H,30,34,36)(H2,37,38,39)/t23-,24+,26+/m0/s1. The Kier molecular flexibility index (Phi) is 10.2. The first kappa shape index (κ1) is 37.3. The number of esters is 1. The molecule has 0 saturated carbocycles. The number of aromatic nitrogens is 2. The van der Waals surface area contributed by atoms with Crippen LogP contribution in [0.15, 0.2) is 82.5 Å². The van der Waals surface area contributed by atoms with Crippen molar-refractivity contribution in [3.8, 4) is 23.0 Å². The molecule has 0 bridgehead atoms. The molecule has 276 valence electrons. The summed E-state index contributed by atoms with van der Waals surface area (Å²) in [5.74, 6) is -1.36. The summed E-state index contributed by atoms with van der Waals surface area (Å²) in [6.45, 7) is -1.02. The number of carbonyl (C=O) groups excluding carboxylic acids is 1. The molecule has 4 aromatic rings. The third-order valence-electron chi connectivity index (χ3n) is 7.75. The van der Waals surface area contributed by atoms with Crippen LogP contribution in [0, 0.1) is 0 Å². The number of nitrogens with zero attached hydrogens (tertiary/aromatic N) is 1. The molecule has 23 heteroatoms. The summed E-state index contributed by atoms with van der Waals surface area (Å²) in [5, 5.41) is 20.3. The molecule has 1 aromatic heterocycles. The largest absolute Gasteiger partial charge is 0.508 e. The van der Waals surface area contributed by atoms with E-state index >= 15 is 0 Å². The molecule has 0 amide bonds. The van der Waals surface area contributed by atoms with Gasteiger partial charge in [0, 0.05) is 47.9 Å². The molecular formula is C29H27N2O18P3. The number of aromatic amines is 1.